The van der Waals surface area contributed by atoms with Crippen LogP contribution in [0.3, 0.4) is 0 Å². The normalized spacial score (nSPS) is 11.5. The molecule has 0 amide bonds. The summed E-state index contributed by atoms with van der Waals surface area (Å²) >= 11 is 5.98. The first-order valence-electron chi connectivity index (χ1n) is 6.69. The van der Waals surface area contributed by atoms with Crippen molar-refractivity contribution in [2.75, 3.05) is 7.11 Å². The topological polar surface area (TPSA) is 85.5 Å². The van der Waals surface area contributed by atoms with E-state index in [1.807, 2.05) is 13.8 Å². The van der Waals surface area contributed by atoms with Crippen LogP contribution in [-0.4, -0.2) is 28.4 Å². The SMILES string of the molecule is COc1ccc(Cl)cc1-c1nnc(CC(C)(C)CC(=O)O)o1. The van der Waals surface area contributed by atoms with E-state index >= 15 is 0 Å². The van der Waals surface area contributed by atoms with Crippen molar-refractivity contribution in [3.63, 3.8) is 0 Å². The van der Waals surface area contributed by atoms with Gasteiger partial charge < -0.3 is 14.3 Å². The molecule has 1 N–H and O–H groups in total. The highest BCUT2D eigenvalue weighted by Gasteiger charge is 2.25. The lowest BCUT2D eigenvalue weighted by Gasteiger charge is -2.19. The molecular formula is C15H17ClN2O4. The largest absolute Gasteiger partial charge is 0.496 e. The van der Waals surface area contributed by atoms with Crippen LogP contribution in [0.15, 0.2) is 22.6 Å². The second kappa shape index (κ2) is 6.36. The number of aromatic nitrogens is 2. The van der Waals surface area contributed by atoms with Gasteiger partial charge in [0.15, 0.2) is 0 Å². The fourth-order valence-corrected chi connectivity index (χ4v) is 2.33. The summed E-state index contributed by atoms with van der Waals surface area (Å²) in [6.45, 7) is 3.68. The fourth-order valence-electron chi connectivity index (χ4n) is 2.16. The number of carbonyl (C=O) groups is 1. The highest BCUT2D eigenvalue weighted by molar-refractivity contribution is 6.30. The lowest BCUT2D eigenvalue weighted by molar-refractivity contribution is -0.139. The number of rotatable bonds is 6. The summed E-state index contributed by atoms with van der Waals surface area (Å²) in [7, 11) is 1.54. The molecule has 118 valence electrons. The molecule has 0 spiro atoms. The van der Waals surface area contributed by atoms with Gasteiger partial charge in [0.1, 0.15) is 5.75 Å². The number of carboxylic acid groups (broad SMARTS) is 1. The molecular weight excluding hydrogens is 308 g/mol. The van der Waals surface area contributed by atoms with Crippen LogP contribution < -0.4 is 4.74 Å². The van der Waals surface area contributed by atoms with Crippen molar-refractivity contribution in [3.05, 3.63) is 29.1 Å². The lowest BCUT2D eigenvalue weighted by Crippen LogP contribution is -2.19. The average molecular weight is 325 g/mol. The number of nitrogens with zero attached hydrogens (tertiary/aromatic N) is 2. The molecule has 0 atom stereocenters. The molecule has 0 aliphatic carbocycles. The molecule has 0 saturated heterocycles. The molecule has 0 bridgehead atoms. The van der Waals surface area contributed by atoms with Crippen LogP contribution in [0.25, 0.3) is 11.5 Å². The van der Waals surface area contributed by atoms with Crippen LogP contribution in [0, 0.1) is 5.41 Å². The molecule has 2 rings (SSSR count). The van der Waals surface area contributed by atoms with Gasteiger partial charge in [-0.05, 0) is 23.6 Å². The number of benzene rings is 1. The Balaban J connectivity index is 2.25. The number of hydrogen-bond donors (Lipinski definition) is 1. The summed E-state index contributed by atoms with van der Waals surface area (Å²) < 4.78 is 10.9. The van der Waals surface area contributed by atoms with Gasteiger partial charge in [-0.25, -0.2) is 0 Å². The van der Waals surface area contributed by atoms with Gasteiger partial charge in [0.25, 0.3) is 5.89 Å². The van der Waals surface area contributed by atoms with Gasteiger partial charge in [0.05, 0.1) is 19.1 Å². The fraction of sp³-hybridized carbons (Fsp3) is 0.400. The minimum atomic E-state index is -0.860. The van der Waals surface area contributed by atoms with E-state index in [2.05, 4.69) is 10.2 Å². The third kappa shape index (κ3) is 3.98. The van der Waals surface area contributed by atoms with Crippen LogP contribution in [0.4, 0.5) is 0 Å². The van der Waals surface area contributed by atoms with E-state index in [9.17, 15) is 4.79 Å². The number of carboxylic acids is 1. The molecule has 0 saturated carbocycles. The van der Waals surface area contributed by atoms with Gasteiger partial charge in [-0.3, -0.25) is 4.79 Å². The van der Waals surface area contributed by atoms with Crippen LogP contribution in [0.2, 0.25) is 5.02 Å². The van der Waals surface area contributed by atoms with Crippen molar-refractivity contribution in [3.8, 4) is 17.2 Å². The summed E-state index contributed by atoms with van der Waals surface area (Å²) in [5, 5.41) is 17.4. The van der Waals surface area contributed by atoms with E-state index in [0.29, 0.717) is 34.5 Å². The van der Waals surface area contributed by atoms with Gasteiger partial charge in [0, 0.05) is 11.4 Å². The van der Waals surface area contributed by atoms with Crippen molar-refractivity contribution in [1.82, 2.24) is 10.2 Å². The van der Waals surface area contributed by atoms with Gasteiger partial charge >= 0.3 is 5.97 Å². The number of hydrogen-bond acceptors (Lipinski definition) is 5. The Morgan fingerprint density at radius 2 is 2.14 bits per heavy atom. The molecule has 7 heteroatoms. The molecule has 0 radical (unpaired) electrons. The van der Waals surface area contributed by atoms with Crippen LogP contribution in [0.5, 0.6) is 5.75 Å². The zero-order valence-electron chi connectivity index (χ0n) is 12.6. The smallest absolute Gasteiger partial charge is 0.303 e. The van der Waals surface area contributed by atoms with E-state index < -0.39 is 11.4 Å². The monoisotopic (exact) mass is 324 g/mol. The summed E-state index contributed by atoms with van der Waals surface area (Å²) in [5.74, 6) is 0.384. The van der Waals surface area contributed by atoms with Crippen LogP contribution in [-0.2, 0) is 11.2 Å². The molecule has 6 nitrogen and oxygen atoms in total. The van der Waals surface area contributed by atoms with E-state index in [0.717, 1.165) is 0 Å². The lowest BCUT2D eigenvalue weighted by atomic mass is 9.86. The summed E-state index contributed by atoms with van der Waals surface area (Å²) in [6, 6.07) is 5.10. The van der Waals surface area contributed by atoms with Crippen LogP contribution in [0.1, 0.15) is 26.2 Å². The minimum absolute atomic E-state index is 0.0190. The predicted octanol–water partition coefficient (Wildman–Crippen LogP) is 3.44. The zero-order chi connectivity index (χ0) is 16.3. The number of ether oxygens (including phenoxy) is 1. The summed E-state index contributed by atoms with van der Waals surface area (Å²) in [5.41, 5.74) is 0.124. The second-order valence-corrected chi connectivity index (χ2v) is 6.19. The Hall–Kier alpha value is -2.08. The molecule has 0 aliphatic rings. The Kier molecular flexibility index (Phi) is 4.71. The van der Waals surface area contributed by atoms with E-state index in [1.54, 1.807) is 25.3 Å². The molecule has 0 aliphatic heterocycles. The standard InChI is InChI=1S/C15H17ClN2O4/c1-15(2,8-13(19)20)7-12-17-18-14(22-12)10-6-9(16)4-5-11(10)21-3/h4-6H,7-8H2,1-3H3,(H,19,20). The number of halogens is 1. The summed E-state index contributed by atoms with van der Waals surface area (Å²) in [4.78, 5) is 10.9. The van der Waals surface area contributed by atoms with Crippen molar-refractivity contribution < 1.29 is 19.1 Å². The van der Waals surface area contributed by atoms with E-state index in [1.165, 1.54) is 0 Å². The van der Waals surface area contributed by atoms with Crippen molar-refractivity contribution in [2.45, 2.75) is 26.7 Å². The van der Waals surface area contributed by atoms with Gasteiger partial charge in [0.2, 0.25) is 5.89 Å². The maximum Gasteiger partial charge on any atom is 0.303 e. The van der Waals surface area contributed by atoms with Crippen molar-refractivity contribution >= 4 is 17.6 Å². The average Bonchev–Trinajstić information content (AvgIpc) is 2.84. The Morgan fingerprint density at radius 3 is 2.77 bits per heavy atom. The second-order valence-electron chi connectivity index (χ2n) is 5.76. The van der Waals surface area contributed by atoms with Gasteiger partial charge in [-0.2, -0.15) is 0 Å². The first kappa shape index (κ1) is 16.3. The molecule has 0 fully saturated rings. The molecule has 22 heavy (non-hydrogen) atoms. The Bertz CT molecular complexity index is 682. The maximum absolute atomic E-state index is 10.9. The third-order valence-electron chi connectivity index (χ3n) is 3.12. The first-order valence-corrected chi connectivity index (χ1v) is 7.06. The molecule has 2 aromatic rings. The summed E-state index contributed by atoms with van der Waals surface area (Å²) in [6.07, 6.45) is 0.389. The Labute approximate surface area is 133 Å². The van der Waals surface area contributed by atoms with E-state index in [4.69, 9.17) is 25.9 Å². The maximum atomic E-state index is 10.9. The quantitative estimate of drug-likeness (QED) is 0.876. The highest BCUT2D eigenvalue weighted by Crippen LogP contribution is 2.33. The van der Waals surface area contributed by atoms with Gasteiger partial charge in [-0.1, -0.05) is 25.4 Å². The molecule has 0 unspecified atom stereocenters. The first-order chi connectivity index (χ1) is 10.3. The van der Waals surface area contributed by atoms with Crippen molar-refractivity contribution in [2.24, 2.45) is 5.41 Å². The van der Waals surface area contributed by atoms with Gasteiger partial charge in [-0.15, -0.1) is 10.2 Å². The zero-order valence-corrected chi connectivity index (χ0v) is 13.3. The number of aliphatic carboxylic acids is 1. The Morgan fingerprint density at radius 1 is 1.41 bits per heavy atom. The van der Waals surface area contributed by atoms with Crippen molar-refractivity contribution in [1.29, 1.82) is 0 Å². The van der Waals surface area contributed by atoms with E-state index in [-0.39, 0.29) is 6.42 Å². The van der Waals surface area contributed by atoms with Crippen LogP contribution >= 0.6 is 11.6 Å². The minimum Gasteiger partial charge on any atom is -0.496 e. The molecule has 1 aromatic carbocycles. The third-order valence-corrected chi connectivity index (χ3v) is 3.35. The number of methoxy groups -OCH3 is 1. The molecule has 1 heterocycles. The highest BCUT2D eigenvalue weighted by atomic mass is 35.5. The predicted molar refractivity (Wildman–Crippen MR) is 81.0 cm³/mol. The molecule has 1 aromatic heterocycles.